The molecule has 0 saturated carbocycles. The molecule has 30 heavy (non-hydrogen) atoms. The highest BCUT2D eigenvalue weighted by molar-refractivity contribution is 7.21. The summed E-state index contributed by atoms with van der Waals surface area (Å²) < 4.78 is 0.869. The van der Waals surface area contributed by atoms with E-state index in [1.807, 2.05) is 57.4 Å². The van der Waals surface area contributed by atoms with Gasteiger partial charge in [0.15, 0.2) is 0 Å². The first-order valence-corrected chi connectivity index (χ1v) is 10.1. The number of aromatic nitrogens is 1. The molecule has 8 heteroatoms. The van der Waals surface area contributed by atoms with Gasteiger partial charge in [0.1, 0.15) is 5.75 Å². The zero-order valence-corrected chi connectivity index (χ0v) is 17.6. The Hall–Kier alpha value is -3.65. The number of nitrogens with zero attached hydrogens (tertiary/aromatic N) is 6. The molecule has 4 aromatic rings. The Morgan fingerprint density at radius 3 is 2.20 bits per heavy atom. The smallest absolute Gasteiger partial charge is 0.231 e. The molecule has 7 nitrogen and oxygen atoms in total. The van der Waals surface area contributed by atoms with Crippen LogP contribution in [0.1, 0.15) is 5.56 Å². The van der Waals surface area contributed by atoms with E-state index in [4.69, 9.17) is 0 Å². The summed E-state index contributed by atoms with van der Waals surface area (Å²) in [5.74, 6) is 0.211. The summed E-state index contributed by atoms with van der Waals surface area (Å²) in [7, 11) is 4.02. The minimum atomic E-state index is 0.211. The zero-order valence-electron chi connectivity index (χ0n) is 16.8. The highest BCUT2D eigenvalue weighted by Crippen LogP contribution is 2.32. The third-order valence-corrected chi connectivity index (χ3v) is 5.33. The summed E-state index contributed by atoms with van der Waals surface area (Å²) in [6, 6.07) is 18.5. The van der Waals surface area contributed by atoms with Gasteiger partial charge in [0, 0.05) is 19.8 Å². The van der Waals surface area contributed by atoms with Crippen molar-refractivity contribution in [2.45, 2.75) is 6.92 Å². The minimum Gasteiger partial charge on any atom is -0.508 e. The number of aryl methyl sites for hydroxylation is 1. The second kappa shape index (κ2) is 8.38. The summed E-state index contributed by atoms with van der Waals surface area (Å²) in [6.07, 6.45) is 0. The average molecular weight is 417 g/mol. The van der Waals surface area contributed by atoms with Crippen LogP contribution >= 0.6 is 11.3 Å². The Morgan fingerprint density at radius 2 is 1.53 bits per heavy atom. The predicted molar refractivity (Wildman–Crippen MR) is 122 cm³/mol. The van der Waals surface area contributed by atoms with E-state index in [1.54, 1.807) is 18.2 Å². The van der Waals surface area contributed by atoms with E-state index in [1.165, 1.54) is 11.3 Å². The van der Waals surface area contributed by atoms with Crippen molar-refractivity contribution in [3.8, 4) is 5.75 Å². The fourth-order valence-electron chi connectivity index (χ4n) is 2.77. The minimum absolute atomic E-state index is 0.211. The van der Waals surface area contributed by atoms with Crippen LogP contribution in [0.25, 0.3) is 10.2 Å². The molecule has 3 aromatic carbocycles. The molecule has 0 aliphatic rings. The Balaban J connectivity index is 1.45. The lowest BCUT2D eigenvalue weighted by molar-refractivity contribution is 0.476. The van der Waals surface area contributed by atoms with Crippen molar-refractivity contribution in [1.29, 1.82) is 0 Å². The van der Waals surface area contributed by atoms with Gasteiger partial charge in [-0.15, -0.1) is 10.2 Å². The summed E-state index contributed by atoms with van der Waals surface area (Å²) in [5, 5.41) is 27.2. The number of benzene rings is 3. The highest BCUT2D eigenvalue weighted by Gasteiger charge is 2.04. The Morgan fingerprint density at radius 1 is 0.833 bits per heavy atom. The second-order valence-electron chi connectivity index (χ2n) is 6.93. The number of hydrogen-bond donors (Lipinski definition) is 1. The molecule has 0 aliphatic heterocycles. The number of thiazole rings is 1. The number of hydrogen-bond acceptors (Lipinski definition) is 8. The van der Waals surface area contributed by atoms with E-state index < -0.39 is 0 Å². The van der Waals surface area contributed by atoms with Gasteiger partial charge in [0.25, 0.3) is 0 Å². The number of phenolic OH excluding ortho intramolecular Hbond substituents is 1. The third kappa shape index (κ3) is 4.49. The van der Waals surface area contributed by atoms with Gasteiger partial charge in [0.05, 0.1) is 27.3 Å². The molecule has 4 rings (SSSR count). The van der Waals surface area contributed by atoms with Crippen LogP contribution in [0.3, 0.4) is 0 Å². The molecule has 1 heterocycles. The molecule has 0 spiro atoms. The van der Waals surface area contributed by atoms with Gasteiger partial charge in [-0.1, -0.05) is 11.3 Å². The van der Waals surface area contributed by atoms with E-state index in [2.05, 4.69) is 36.4 Å². The van der Waals surface area contributed by atoms with E-state index in [-0.39, 0.29) is 5.75 Å². The molecule has 0 amide bonds. The van der Waals surface area contributed by atoms with Crippen LogP contribution in [0.2, 0.25) is 0 Å². The average Bonchev–Trinajstić information content (AvgIpc) is 3.14. The van der Waals surface area contributed by atoms with Crippen LogP contribution in [-0.2, 0) is 0 Å². The SMILES string of the molecule is Cc1cc(N(C)C)ccc1N=Nc1ccc(N=Nc2nc3ccc(O)cc3s2)cc1. The van der Waals surface area contributed by atoms with Gasteiger partial charge in [-0.05, 0) is 73.2 Å². The molecule has 0 unspecified atom stereocenters. The maximum Gasteiger partial charge on any atom is 0.231 e. The monoisotopic (exact) mass is 416 g/mol. The van der Waals surface area contributed by atoms with Crippen LogP contribution in [0.15, 0.2) is 81.1 Å². The van der Waals surface area contributed by atoms with Crippen LogP contribution < -0.4 is 4.90 Å². The lowest BCUT2D eigenvalue weighted by Crippen LogP contribution is -2.08. The van der Waals surface area contributed by atoms with Crippen LogP contribution in [0.4, 0.5) is 27.9 Å². The maximum atomic E-state index is 9.55. The van der Waals surface area contributed by atoms with E-state index in [0.717, 1.165) is 32.8 Å². The number of aromatic hydroxyl groups is 1. The summed E-state index contributed by atoms with van der Waals surface area (Å²) in [6.45, 7) is 2.02. The number of anilines is 1. The first-order chi connectivity index (χ1) is 14.5. The van der Waals surface area contributed by atoms with Gasteiger partial charge in [0.2, 0.25) is 5.13 Å². The number of fused-ring (bicyclic) bond motifs is 1. The zero-order chi connectivity index (χ0) is 21.1. The molecule has 0 atom stereocenters. The van der Waals surface area contributed by atoms with Crippen LogP contribution in [-0.4, -0.2) is 24.2 Å². The Labute approximate surface area is 178 Å². The Bertz CT molecular complexity index is 1240. The predicted octanol–water partition coefficient (Wildman–Crippen LogP) is 7.21. The molecule has 0 saturated heterocycles. The van der Waals surface area contributed by atoms with Crippen molar-refractivity contribution in [2.75, 3.05) is 19.0 Å². The van der Waals surface area contributed by atoms with Gasteiger partial charge in [-0.25, -0.2) is 4.98 Å². The number of azo groups is 2. The van der Waals surface area contributed by atoms with Gasteiger partial charge >= 0.3 is 0 Å². The standard InChI is InChI=1S/C22H20N6OS/c1-14-12-17(28(2)3)8-10-19(14)26-24-15-4-6-16(7-5-15)25-27-22-23-20-11-9-18(29)13-21(20)30-22/h4-13,29H,1-3H3. The van der Waals surface area contributed by atoms with Crippen LogP contribution in [0.5, 0.6) is 5.75 Å². The van der Waals surface area contributed by atoms with E-state index >= 15 is 0 Å². The molecule has 150 valence electrons. The normalized spacial score (nSPS) is 11.7. The first kappa shape index (κ1) is 19.7. The van der Waals surface area contributed by atoms with E-state index in [0.29, 0.717) is 10.8 Å². The second-order valence-corrected chi connectivity index (χ2v) is 7.94. The fraction of sp³-hybridized carbons (Fsp3) is 0.136. The lowest BCUT2D eigenvalue weighted by Gasteiger charge is -2.13. The third-order valence-electron chi connectivity index (χ3n) is 4.43. The first-order valence-electron chi connectivity index (χ1n) is 9.29. The quantitative estimate of drug-likeness (QED) is 0.349. The summed E-state index contributed by atoms with van der Waals surface area (Å²) in [4.78, 5) is 6.44. The van der Waals surface area contributed by atoms with Crippen LogP contribution in [0, 0.1) is 6.92 Å². The van der Waals surface area contributed by atoms with Crippen molar-refractivity contribution < 1.29 is 5.11 Å². The topological polar surface area (TPSA) is 85.8 Å². The lowest BCUT2D eigenvalue weighted by atomic mass is 10.2. The number of rotatable bonds is 5. The van der Waals surface area contributed by atoms with Gasteiger partial charge < -0.3 is 10.0 Å². The van der Waals surface area contributed by atoms with Crippen molar-refractivity contribution >= 4 is 49.4 Å². The van der Waals surface area contributed by atoms with E-state index in [9.17, 15) is 5.11 Å². The summed E-state index contributed by atoms with van der Waals surface area (Å²) >= 11 is 1.38. The summed E-state index contributed by atoms with van der Waals surface area (Å²) in [5.41, 5.74) is 5.26. The fourth-order valence-corrected chi connectivity index (χ4v) is 3.59. The number of phenols is 1. The highest BCUT2D eigenvalue weighted by atomic mass is 32.1. The van der Waals surface area contributed by atoms with Gasteiger partial charge in [-0.2, -0.15) is 10.2 Å². The molecule has 1 N–H and O–H groups in total. The Kier molecular flexibility index (Phi) is 5.49. The maximum absolute atomic E-state index is 9.55. The van der Waals surface area contributed by atoms with Gasteiger partial charge in [-0.3, -0.25) is 0 Å². The van der Waals surface area contributed by atoms with Crippen molar-refractivity contribution in [3.63, 3.8) is 0 Å². The van der Waals surface area contributed by atoms with Crippen molar-refractivity contribution in [2.24, 2.45) is 20.5 Å². The molecular formula is C22H20N6OS. The van der Waals surface area contributed by atoms with Crippen molar-refractivity contribution in [1.82, 2.24) is 4.98 Å². The molecule has 0 radical (unpaired) electrons. The largest absolute Gasteiger partial charge is 0.508 e. The molecule has 0 fully saturated rings. The molecule has 0 aliphatic carbocycles. The molecular weight excluding hydrogens is 396 g/mol. The molecule has 1 aromatic heterocycles. The molecule has 0 bridgehead atoms. The van der Waals surface area contributed by atoms with Crippen molar-refractivity contribution in [3.05, 3.63) is 66.2 Å².